The van der Waals surface area contributed by atoms with Crippen LogP contribution in [0.25, 0.3) is 0 Å². The molecule has 1 aromatic rings. The Morgan fingerprint density at radius 3 is 2.47 bits per heavy atom. The maximum Gasteiger partial charge on any atom is 0.320 e. The van der Waals surface area contributed by atoms with Gasteiger partial charge >= 0.3 is 6.03 Å². The summed E-state index contributed by atoms with van der Waals surface area (Å²) in [6, 6.07) is 8.07. The molecule has 4 amide bonds. The fourth-order valence-electron chi connectivity index (χ4n) is 4.49. The monoisotopic (exact) mass is 413 g/mol. The van der Waals surface area contributed by atoms with Crippen molar-refractivity contribution >= 4 is 23.5 Å². The van der Waals surface area contributed by atoms with E-state index < -0.39 is 0 Å². The van der Waals surface area contributed by atoms with Crippen LogP contribution < -0.4 is 15.5 Å². The number of carbonyl (C=O) groups is 3. The van der Waals surface area contributed by atoms with Crippen molar-refractivity contribution in [3.05, 3.63) is 29.8 Å². The average Bonchev–Trinajstić information content (AvgIpc) is 3.32. The van der Waals surface area contributed by atoms with Crippen molar-refractivity contribution in [3.8, 4) is 0 Å². The van der Waals surface area contributed by atoms with Gasteiger partial charge in [-0.3, -0.25) is 9.59 Å². The highest BCUT2D eigenvalue weighted by Crippen LogP contribution is 2.20. The Kier molecular flexibility index (Phi) is 6.40. The van der Waals surface area contributed by atoms with Crippen LogP contribution in [0.1, 0.15) is 31.2 Å². The molecule has 4 rings (SSSR count). The van der Waals surface area contributed by atoms with Crippen molar-refractivity contribution in [1.82, 2.24) is 20.4 Å². The second-order valence-corrected chi connectivity index (χ2v) is 8.42. The molecule has 0 saturated carbocycles. The van der Waals surface area contributed by atoms with Gasteiger partial charge in [-0.25, -0.2) is 4.79 Å². The fourth-order valence-corrected chi connectivity index (χ4v) is 4.49. The van der Waals surface area contributed by atoms with Gasteiger partial charge < -0.3 is 25.3 Å². The first-order valence-electron chi connectivity index (χ1n) is 11.0. The van der Waals surface area contributed by atoms with Gasteiger partial charge in [0.2, 0.25) is 11.8 Å². The minimum Gasteiger partial charge on any atom is -0.360 e. The molecule has 0 aromatic heterocycles. The van der Waals surface area contributed by atoms with Crippen LogP contribution in [-0.4, -0.2) is 73.5 Å². The lowest BCUT2D eigenvalue weighted by Crippen LogP contribution is -2.49. The standard InChI is InChI=1S/C22H31N5O3/c28-20-16-26(13-9-23-20)19-7-5-17(6-8-19)14-24-21(29)18-4-3-12-27(15-18)22(30)25-10-1-2-11-25/h5-8,18H,1-4,9-16H2,(H,23,28)(H,24,29)/t18-/m0/s1. The Morgan fingerprint density at radius 1 is 1.00 bits per heavy atom. The van der Waals surface area contributed by atoms with Gasteiger partial charge in [-0.15, -0.1) is 0 Å². The maximum absolute atomic E-state index is 12.7. The normalized spacial score (nSPS) is 22.1. The number of nitrogens with one attached hydrogen (secondary N) is 2. The summed E-state index contributed by atoms with van der Waals surface area (Å²) in [5, 5.41) is 5.86. The van der Waals surface area contributed by atoms with E-state index >= 15 is 0 Å². The Bertz CT molecular complexity index is 775. The number of amides is 4. The largest absolute Gasteiger partial charge is 0.360 e. The van der Waals surface area contributed by atoms with Gasteiger partial charge in [-0.2, -0.15) is 0 Å². The van der Waals surface area contributed by atoms with E-state index in [1.54, 1.807) is 0 Å². The zero-order valence-electron chi connectivity index (χ0n) is 17.4. The van der Waals surface area contributed by atoms with Gasteiger partial charge in [0.15, 0.2) is 0 Å². The highest BCUT2D eigenvalue weighted by atomic mass is 16.2. The third kappa shape index (κ3) is 4.86. The van der Waals surface area contributed by atoms with Crippen LogP contribution in [0.4, 0.5) is 10.5 Å². The van der Waals surface area contributed by atoms with Gasteiger partial charge in [0, 0.05) is 51.5 Å². The van der Waals surface area contributed by atoms with Crippen LogP contribution in [0.2, 0.25) is 0 Å². The molecule has 3 heterocycles. The summed E-state index contributed by atoms with van der Waals surface area (Å²) in [5.74, 6) is -0.0792. The van der Waals surface area contributed by atoms with Crippen molar-refractivity contribution in [2.24, 2.45) is 5.92 Å². The number of benzene rings is 1. The van der Waals surface area contributed by atoms with Crippen molar-refractivity contribution in [2.45, 2.75) is 32.2 Å². The molecular formula is C22H31N5O3. The first-order valence-corrected chi connectivity index (χ1v) is 11.0. The first-order chi connectivity index (χ1) is 14.6. The molecule has 0 bridgehead atoms. The number of nitrogens with zero attached hydrogens (tertiary/aromatic N) is 3. The van der Waals surface area contributed by atoms with E-state index in [0.717, 1.165) is 63.1 Å². The second kappa shape index (κ2) is 9.36. The molecule has 1 atom stereocenters. The summed E-state index contributed by atoms with van der Waals surface area (Å²) in [5.41, 5.74) is 2.04. The van der Waals surface area contributed by atoms with E-state index in [0.29, 0.717) is 26.2 Å². The number of urea groups is 1. The molecule has 0 spiro atoms. The van der Waals surface area contributed by atoms with Gasteiger partial charge in [0.25, 0.3) is 0 Å². The number of anilines is 1. The van der Waals surface area contributed by atoms with Crippen LogP contribution in [0.3, 0.4) is 0 Å². The SMILES string of the molecule is O=C1CN(c2ccc(CNC(=O)[C@H]3CCCN(C(=O)N4CCCC4)C3)cc2)CCN1. The minimum absolute atomic E-state index is 0.0192. The number of piperazine rings is 1. The first kappa shape index (κ1) is 20.5. The van der Waals surface area contributed by atoms with Gasteiger partial charge in [0.05, 0.1) is 12.5 Å². The molecule has 8 heteroatoms. The van der Waals surface area contributed by atoms with Crippen LogP contribution in [0.5, 0.6) is 0 Å². The third-order valence-corrected chi connectivity index (χ3v) is 6.25. The number of likely N-dealkylation sites (tertiary alicyclic amines) is 2. The zero-order valence-corrected chi connectivity index (χ0v) is 17.4. The predicted octanol–water partition coefficient (Wildman–Crippen LogP) is 1.17. The number of hydrogen-bond donors (Lipinski definition) is 2. The van der Waals surface area contributed by atoms with E-state index in [9.17, 15) is 14.4 Å². The Morgan fingerprint density at radius 2 is 1.73 bits per heavy atom. The van der Waals surface area contributed by atoms with E-state index in [1.807, 2.05) is 34.1 Å². The van der Waals surface area contributed by atoms with Crippen molar-refractivity contribution < 1.29 is 14.4 Å². The van der Waals surface area contributed by atoms with Gasteiger partial charge in [0.1, 0.15) is 0 Å². The second-order valence-electron chi connectivity index (χ2n) is 8.42. The molecule has 1 aromatic carbocycles. The molecular weight excluding hydrogens is 382 g/mol. The highest BCUT2D eigenvalue weighted by Gasteiger charge is 2.31. The summed E-state index contributed by atoms with van der Waals surface area (Å²) in [4.78, 5) is 42.7. The highest BCUT2D eigenvalue weighted by molar-refractivity contribution is 5.83. The Labute approximate surface area is 177 Å². The minimum atomic E-state index is -0.142. The van der Waals surface area contributed by atoms with Crippen molar-refractivity contribution in [1.29, 1.82) is 0 Å². The van der Waals surface area contributed by atoms with Crippen LogP contribution >= 0.6 is 0 Å². The molecule has 3 aliphatic heterocycles. The van der Waals surface area contributed by atoms with Crippen molar-refractivity contribution in [2.75, 3.05) is 50.7 Å². The Balaban J connectivity index is 1.26. The molecule has 3 aliphatic rings. The smallest absolute Gasteiger partial charge is 0.320 e. The van der Waals surface area contributed by atoms with Gasteiger partial charge in [-0.1, -0.05) is 12.1 Å². The van der Waals surface area contributed by atoms with E-state index in [-0.39, 0.29) is 23.8 Å². The lowest BCUT2D eigenvalue weighted by Gasteiger charge is -2.34. The number of rotatable bonds is 4. The summed E-state index contributed by atoms with van der Waals surface area (Å²) < 4.78 is 0. The zero-order chi connectivity index (χ0) is 20.9. The lowest BCUT2D eigenvalue weighted by atomic mass is 9.97. The summed E-state index contributed by atoms with van der Waals surface area (Å²) in [6.45, 7) is 5.24. The van der Waals surface area contributed by atoms with Crippen LogP contribution in [-0.2, 0) is 16.1 Å². The molecule has 0 aliphatic carbocycles. The van der Waals surface area contributed by atoms with Crippen LogP contribution in [0, 0.1) is 5.92 Å². The van der Waals surface area contributed by atoms with Gasteiger partial charge in [-0.05, 0) is 43.4 Å². The molecule has 8 nitrogen and oxygen atoms in total. The third-order valence-electron chi connectivity index (χ3n) is 6.25. The molecule has 3 fully saturated rings. The molecule has 30 heavy (non-hydrogen) atoms. The molecule has 0 unspecified atom stereocenters. The summed E-state index contributed by atoms with van der Waals surface area (Å²) >= 11 is 0. The molecule has 162 valence electrons. The maximum atomic E-state index is 12.7. The molecule has 3 saturated heterocycles. The molecule has 2 N–H and O–H groups in total. The summed E-state index contributed by atoms with van der Waals surface area (Å²) in [7, 11) is 0. The van der Waals surface area contributed by atoms with E-state index in [4.69, 9.17) is 0 Å². The number of piperidine rings is 1. The average molecular weight is 414 g/mol. The van der Waals surface area contributed by atoms with E-state index in [1.165, 1.54) is 0 Å². The summed E-state index contributed by atoms with van der Waals surface area (Å²) in [6.07, 6.45) is 3.85. The Hall–Kier alpha value is -2.77. The van der Waals surface area contributed by atoms with Crippen molar-refractivity contribution in [3.63, 3.8) is 0 Å². The number of hydrogen-bond acceptors (Lipinski definition) is 4. The van der Waals surface area contributed by atoms with Crippen LogP contribution in [0.15, 0.2) is 24.3 Å². The van der Waals surface area contributed by atoms with E-state index in [2.05, 4.69) is 15.5 Å². The number of carbonyl (C=O) groups excluding carboxylic acids is 3. The molecule has 0 radical (unpaired) electrons. The topological polar surface area (TPSA) is 85.0 Å². The predicted molar refractivity (Wildman–Crippen MR) is 114 cm³/mol. The quantitative estimate of drug-likeness (QED) is 0.776. The lowest BCUT2D eigenvalue weighted by molar-refractivity contribution is -0.126. The fraction of sp³-hybridized carbons (Fsp3) is 0.591.